The summed E-state index contributed by atoms with van der Waals surface area (Å²) in [4.78, 5) is 11.1. The van der Waals surface area contributed by atoms with Crippen LogP contribution in [0.5, 0.6) is 0 Å². The third kappa shape index (κ3) is 6.02. The lowest BCUT2D eigenvalue weighted by atomic mass is 10.1. The molecule has 4 nitrogen and oxygen atoms in total. The summed E-state index contributed by atoms with van der Waals surface area (Å²) >= 11 is 1.56. The molecule has 90 valence electrons. The van der Waals surface area contributed by atoms with Crippen molar-refractivity contribution < 1.29 is 15.0 Å². The number of rotatable bonds is 9. The van der Waals surface area contributed by atoms with Crippen LogP contribution in [0.2, 0.25) is 0 Å². The van der Waals surface area contributed by atoms with E-state index in [2.05, 4.69) is 5.32 Å². The van der Waals surface area contributed by atoms with E-state index in [1.54, 1.807) is 18.7 Å². The predicted molar refractivity (Wildman–Crippen MR) is 63.4 cm³/mol. The van der Waals surface area contributed by atoms with Crippen molar-refractivity contribution in [2.75, 3.05) is 24.7 Å². The zero-order chi connectivity index (χ0) is 11.7. The molecule has 0 amide bonds. The Bertz CT molecular complexity index is 190. The van der Waals surface area contributed by atoms with E-state index in [-0.39, 0.29) is 6.61 Å². The number of aliphatic hydroxyl groups is 1. The molecule has 0 fully saturated rings. The Morgan fingerprint density at radius 1 is 1.53 bits per heavy atom. The summed E-state index contributed by atoms with van der Waals surface area (Å²) in [6.07, 6.45) is 1.64. The van der Waals surface area contributed by atoms with E-state index in [9.17, 15) is 4.79 Å². The lowest BCUT2D eigenvalue weighted by Crippen LogP contribution is -2.52. The number of hydrogen-bond acceptors (Lipinski definition) is 4. The van der Waals surface area contributed by atoms with Crippen molar-refractivity contribution in [3.05, 3.63) is 0 Å². The topological polar surface area (TPSA) is 69.6 Å². The Morgan fingerprint density at radius 2 is 2.20 bits per heavy atom. The van der Waals surface area contributed by atoms with Crippen LogP contribution in [-0.4, -0.2) is 46.4 Å². The van der Waals surface area contributed by atoms with Gasteiger partial charge in [-0.3, -0.25) is 4.79 Å². The first-order valence-electron chi connectivity index (χ1n) is 5.24. The smallest absolute Gasteiger partial charge is 0.324 e. The number of hydrogen-bond donors (Lipinski definition) is 3. The molecular weight excluding hydrogens is 214 g/mol. The average Bonchev–Trinajstić information content (AvgIpc) is 2.21. The third-order valence-electron chi connectivity index (χ3n) is 2.07. The highest BCUT2D eigenvalue weighted by molar-refractivity contribution is 7.99. The van der Waals surface area contributed by atoms with Crippen LogP contribution in [0, 0.1) is 0 Å². The van der Waals surface area contributed by atoms with Crippen molar-refractivity contribution in [2.45, 2.75) is 32.2 Å². The second kappa shape index (κ2) is 7.96. The summed E-state index contributed by atoms with van der Waals surface area (Å²) in [5.41, 5.74) is -0.851. The minimum Gasteiger partial charge on any atom is -0.480 e. The monoisotopic (exact) mass is 235 g/mol. The first kappa shape index (κ1) is 14.7. The molecule has 1 unspecified atom stereocenters. The molecule has 0 saturated heterocycles. The van der Waals surface area contributed by atoms with E-state index >= 15 is 0 Å². The summed E-state index contributed by atoms with van der Waals surface area (Å²) in [6, 6.07) is 0. The minimum absolute atomic E-state index is 0.166. The van der Waals surface area contributed by atoms with Crippen LogP contribution in [-0.2, 0) is 4.79 Å². The van der Waals surface area contributed by atoms with Crippen LogP contribution in [0.1, 0.15) is 26.7 Å². The fraction of sp³-hybridized carbons (Fsp3) is 0.900. The maximum absolute atomic E-state index is 11.1. The first-order valence-corrected chi connectivity index (χ1v) is 6.39. The van der Waals surface area contributed by atoms with Gasteiger partial charge in [0.25, 0.3) is 0 Å². The summed E-state index contributed by atoms with van der Waals surface area (Å²) in [6.45, 7) is 4.59. The van der Waals surface area contributed by atoms with Crippen molar-refractivity contribution in [3.8, 4) is 0 Å². The Hall–Kier alpha value is -0.260. The molecule has 0 aromatic heterocycles. The normalized spacial score (nSPS) is 14.9. The molecule has 0 aliphatic rings. The molecule has 0 aliphatic heterocycles. The summed E-state index contributed by atoms with van der Waals surface area (Å²) < 4.78 is 0. The van der Waals surface area contributed by atoms with Gasteiger partial charge in [0, 0.05) is 12.4 Å². The molecule has 15 heavy (non-hydrogen) atoms. The number of nitrogens with one attached hydrogen (secondary N) is 1. The van der Waals surface area contributed by atoms with Gasteiger partial charge in [-0.2, -0.15) is 11.8 Å². The molecule has 0 heterocycles. The van der Waals surface area contributed by atoms with Gasteiger partial charge in [-0.15, -0.1) is 0 Å². The first-order chi connectivity index (χ1) is 7.06. The summed E-state index contributed by atoms with van der Waals surface area (Å²) in [5, 5.41) is 20.7. The maximum Gasteiger partial charge on any atom is 0.324 e. The van der Waals surface area contributed by atoms with E-state index in [1.807, 2.05) is 6.92 Å². The molecule has 0 aliphatic carbocycles. The van der Waals surface area contributed by atoms with E-state index < -0.39 is 11.5 Å². The molecular formula is C10H21NO3S. The maximum atomic E-state index is 11.1. The Labute approximate surface area is 95.4 Å². The van der Waals surface area contributed by atoms with Crippen molar-refractivity contribution in [3.63, 3.8) is 0 Å². The van der Waals surface area contributed by atoms with Crippen LogP contribution in [0.3, 0.4) is 0 Å². The summed E-state index contributed by atoms with van der Waals surface area (Å²) in [7, 11) is 0. The number of aliphatic hydroxyl groups excluding tert-OH is 1. The van der Waals surface area contributed by atoms with Crippen molar-refractivity contribution in [1.82, 2.24) is 5.32 Å². The van der Waals surface area contributed by atoms with Gasteiger partial charge in [-0.25, -0.2) is 0 Å². The van der Waals surface area contributed by atoms with Crippen molar-refractivity contribution in [2.24, 2.45) is 0 Å². The van der Waals surface area contributed by atoms with Gasteiger partial charge in [0.15, 0.2) is 0 Å². The van der Waals surface area contributed by atoms with E-state index in [4.69, 9.17) is 10.2 Å². The number of carboxylic acid groups (broad SMARTS) is 1. The highest BCUT2D eigenvalue weighted by atomic mass is 32.2. The standard InChI is InChI=1S/C10H21NO3S/c1-3-5-11-10(2,9(13)14)8-15-7-4-6-12/h11-12H,3-8H2,1-2H3,(H,13,14). The Morgan fingerprint density at radius 3 is 2.67 bits per heavy atom. The van der Waals surface area contributed by atoms with Gasteiger partial charge in [-0.1, -0.05) is 6.92 Å². The van der Waals surface area contributed by atoms with Gasteiger partial charge in [0.1, 0.15) is 5.54 Å². The lowest BCUT2D eigenvalue weighted by Gasteiger charge is -2.25. The molecule has 0 bridgehead atoms. The Kier molecular flexibility index (Phi) is 7.82. The minimum atomic E-state index is -0.851. The van der Waals surface area contributed by atoms with Gasteiger partial charge in [0.05, 0.1) is 0 Å². The average molecular weight is 235 g/mol. The van der Waals surface area contributed by atoms with Gasteiger partial charge in [0.2, 0.25) is 0 Å². The summed E-state index contributed by atoms with van der Waals surface area (Å²) in [5.74, 6) is 0.516. The Balaban J connectivity index is 3.96. The fourth-order valence-electron chi connectivity index (χ4n) is 1.03. The van der Waals surface area contributed by atoms with E-state index in [0.29, 0.717) is 18.7 Å². The highest BCUT2D eigenvalue weighted by Gasteiger charge is 2.31. The molecule has 0 aromatic rings. The fourth-order valence-corrected chi connectivity index (χ4v) is 2.14. The van der Waals surface area contributed by atoms with E-state index in [0.717, 1.165) is 12.2 Å². The zero-order valence-electron chi connectivity index (χ0n) is 9.45. The largest absolute Gasteiger partial charge is 0.480 e. The molecule has 0 saturated carbocycles. The number of carboxylic acids is 1. The van der Waals surface area contributed by atoms with Crippen LogP contribution in [0.25, 0.3) is 0 Å². The zero-order valence-corrected chi connectivity index (χ0v) is 10.3. The quantitative estimate of drug-likeness (QED) is 0.519. The van der Waals surface area contributed by atoms with Crippen LogP contribution in [0.15, 0.2) is 0 Å². The van der Waals surface area contributed by atoms with Gasteiger partial charge < -0.3 is 15.5 Å². The van der Waals surface area contributed by atoms with Crippen LogP contribution >= 0.6 is 11.8 Å². The van der Waals surface area contributed by atoms with Gasteiger partial charge >= 0.3 is 5.97 Å². The highest BCUT2D eigenvalue weighted by Crippen LogP contribution is 2.14. The molecule has 5 heteroatoms. The van der Waals surface area contributed by atoms with Crippen molar-refractivity contribution in [1.29, 1.82) is 0 Å². The molecule has 3 N–H and O–H groups in total. The van der Waals surface area contributed by atoms with Crippen LogP contribution in [0.4, 0.5) is 0 Å². The second-order valence-corrected chi connectivity index (χ2v) is 4.80. The SMILES string of the molecule is CCCNC(C)(CSCCCO)C(=O)O. The predicted octanol–water partition coefficient (Wildman–Crippen LogP) is 0.945. The number of carbonyl (C=O) groups is 1. The van der Waals surface area contributed by atoms with Crippen LogP contribution < -0.4 is 5.32 Å². The van der Waals surface area contributed by atoms with Crippen molar-refractivity contribution >= 4 is 17.7 Å². The molecule has 0 aromatic carbocycles. The number of thioether (sulfide) groups is 1. The third-order valence-corrected chi connectivity index (χ3v) is 3.43. The molecule has 0 radical (unpaired) electrons. The number of aliphatic carboxylic acids is 1. The lowest BCUT2D eigenvalue weighted by molar-refractivity contribution is -0.143. The molecule has 0 spiro atoms. The van der Waals surface area contributed by atoms with Gasteiger partial charge in [-0.05, 0) is 32.1 Å². The van der Waals surface area contributed by atoms with E-state index in [1.165, 1.54) is 0 Å². The molecule has 0 rings (SSSR count). The molecule has 1 atom stereocenters. The second-order valence-electron chi connectivity index (χ2n) is 3.69.